The molecule has 0 radical (unpaired) electrons. The average Bonchev–Trinajstić information content (AvgIpc) is 3.58. The van der Waals surface area contributed by atoms with Gasteiger partial charge in [-0.2, -0.15) is 0 Å². The number of carbonyl (C=O) groups excluding carboxylic acids is 2. The highest BCUT2D eigenvalue weighted by atomic mass is 16.5. The van der Waals surface area contributed by atoms with E-state index in [9.17, 15) is 9.59 Å². The van der Waals surface area contributed by atoms with Crippen LogP contribution in [0.2, 0.25) is 0 Å². The number of methoxy groups -OCH3 is 2. The van der Waals surface area contributed by atoms with Gasteiger partial charge in [-0.15, -0.1) is 0 Å². The number of carbonyl (C=O) groups is 2. The molecule has 1 aliphatic heterocycles. The highest BCUT2D eigenvalue weighted by Crippen LogP contribution is 2.27. The molecule has 3 aromatic carbocycles. The molecule has 0 aliphatic carbocycles. The van der Waals surface area contributed by atoms with Crippen molar-refractivity contribution >= 4 is 33.6 Å². The molecule has 1 saturated heterocycles. The maximum atomic E-state index is 13.6. The van der Waals surface area contributed by atoms with Crippen LogP contribution in [0.1, 0.15) is 21.6 Å². The molecule has 39 heavy (non-hydrogen) atoms. The minimum Gasteiger partial charge on any atom is -0.497 e. The number of H-pyrrole nitrogens is 2. The van der Waals surface area contributed by atoms with Gasteiger partial charge in [0.2, 0.25) is 5.91 Å². The summed E-state index contributed by atoms with van der Waals surface area (Å²) in [5, 5.41) is 2.01. The van der Waals surface area contributed by atoms with Crippen LogP contribution < -0.4 is 9.47 Å². The average molecular weight is 523 g/mol. The van der Waals surface area contributed by atoms with Crippen molar-refractivity contribution in [2.45, 2.75) is 19.0 Å². The number of hydrogen-bond acceptors (Lipinski definition) is 4. The summed E-state index contributed by atoms with van der Waals surface area (Å²) in [6.07, 6.45) is 2.62. The number of nitrogens with one attached hydrogen (secondary N) is 2. The van der Waals surface area contributed by atoms with Gasteiger partial charge >= 0.3 is 0 Å². The van der Waals surface area contributed by atoms with Crippen molar-refractivity contribution in [3.8, 4) is 11.5 Å². The first kappa shape index (κ1) is 24.6. The molecule has 0 unspecified atom stereocenters. The first-order chi connectivity index (χ1) is 19.0. The van der Waals surface area contributed by atoms with E-state index in [1.807, 2.05) is 77.8 Å². The fourth-order valence-corrected chi connectivity index (χ4v) is 5.47. The largest absolute Gasteiger partial charge is 0.497 e. The Morgan fingerprint density at radius 3 is 2.62 bits per heavy atom. The second-order valence-corrected chi connectivity index (χ2v) is 9.91. The fourth-order valence-electron chi connectivity index (χ4n) is 5.47. The molecule has 0 spiro atoms. The summed E-state index contributed by atoms with van der Waals surface area (Å²) in [6, 6.07) is 23.2. The Morgan fingerprint density at radius 2 is 1.77 bits per heavy atom. The third-order valence-electron chi connectivity index (χ3n) is 7.48. The predicted molar refractivity (Wildman–Crippen MR) is 150 cm³/mol. The van der Waals surface area contributed by atoms with E-state index in [0.29, 0.717) is 25.2 Å². The Morgan fingerprint density at radius 1 is 0.949 bits per heavy atom. The van der Waals surface area contributed by atoms with Crippen molar-refractivity contribution in [3.05, 3.63) is 95.8 Å². The Balaban J connectivity index is 1.30. The van der Waals surface area contributed by atoms with Crippen molar-refractivity contribution in [2.75, 3.05) is 27.3 Å². The Hall–Kier alpha value is -4.72. The highest BCUT2D eigenvalue weighted by Gasteiger charge is 2.36. The number of amides is 2. The quantitative estimate of drug-likeness (QED) is 0.322. The zero-order chi connectivity index (χ0) is 26.9. The molecule has 8 heteroatoms. The number of aromatic nitrogens is 2. The molecular weight excluding hydrogens is 492 g/mol. The summed E-state index contributed by atoms with van der Waals surface area (Å²) in [5.74, 6) is 1.20. The molecule has 2 aromatic heterocycles. The number of para-hydroxylation sites is 1. The summed E-state index contributed by atoms with van der Waals surface area (Å²) in [7, 11) is 3.25. The molecule has 2 N–H and O–H groups in total. The lowest BCUT2D eigenvalue weighted by Crippen LogP contribution is -2.58. The zero-order valence-electron chi connectivity index (χ0n) is 21.9. The van der Waals surface area contributed by atoms with Crippen LogP contribution in [-0.4, -0.2) is 64.9 Å². The van der Waals surface area contributed by atoms with Crippen LogP contribution in [0.3, 0.4) is 0 Å². The Bertz CT molecular complexity index is 1670. The van der Waals surface area contributed by atoms with E-state index in [2.05, 4.69) is 16.0 Å². The van der Waals surface area contributed by atoms with Gasteiger partial charge in [-0.3, -0.25) is 9.59 Å². The molecule has 3 heterocycles. The molecule has 6 rings (SSSR count). The van der Waals surface area contributed by atoms with Gasteiger partial charge in [0.1, 0.15) is 23.7 Å². The molecule has 0 bridgehead atoms. The number of aromatic amines is 2. The third kappa shape index (κ3) is 4.81. The van der Waals surface area contributed by atoms with Crippen molar-refractivity contribution in [1.82, 2.24) is 19.8 Å². The van der Waals surface area contributed by atoms with Gasteiger partial charge in [-0.1, -0.05) is 30.3 Å². The summed E-state index contributed by atoms with van der Waals surface area (Å²) >= 11 is 0. The smallest absolute Gasteiger partial charge is 0.270 e. The van der Waals surface area contributed by atoms with Crippen molar-refractivity contribution in [3.63, 3.8) is 0 Å². The van der Waals surface area contributed by atoms with Gasteiger partial charge in [-0.05, 0) is 60.0 Å². The third-order valence-corrected chi connectivity index (χ3v) is 7.48. The Labute approximate surface area is 226 Å². The van der Waals surface area contributed by atoms with Crippen molar-refractivity contribution in [2.24, 2.45) is 0 Å². The summed E-state index contributed by atoms with van der Waals surface area (Å²) < 4.78 is 10.7. The topological polar surface area (TPSA) is 90.7 Å². The fraction of sp³-hybridized carbons (Fsp3) is 0.226. The first-order valence-electron chi connectivity index (χ1n) is 13.0. The number of nitrogens with zero attached hydrogens (tertiary/aromatic N) is 2. The van der Waals surface area contributed by atoms with E-state index in [-0.39, 0.29) is 24.4 Å². The van der Waals surface area contributed by atoms with Gasteiger partial charge in [0, 0.05) is 41.1 Å². The molecule has 1 atom stereocenters. The molecule has 198 valence electrons. The maximum Gasteiger partial charge on any atom is 0.270 e. The van der Waals surface area contributed by atoms with E-state index in [1.54, 1.807) is 19.1 Å². The van der Waals surface area contributed by atoms with E-state index in [1.165, 1.54) is 0 Å². The van der Waals surface area contributed by atoms with E-state index >= 15 is 0 Å². The van der Waals surface area contributed by atoms with E-state index in [0.717, 1.165) is 44.4 Å². The lowest BCUT2D eigenvalue weighted by Gasteiger charge is -2.41. The molecule has 2 amide bonds. The maximum absolute atomic E-state index is 13.6. The molecule has 1 fully saturated rings. The Kier molecular flexibility index (Phi) is 6.44. The molecular formula is C31H30N4O4. The van der Waals surface area contributed by atoms with Crippen LogP contribution in [0.25, 0.3) is 21.8 Å². The summed E-state index contributed by atoms with van der Waals surface area (Å²) in [4.78, 5) is 37.4. The monoisotopic (exact) mass is 522 g/mol. The van der Waals surface area contributed by atoms with Crippen LogP contribution in [0.15, 0.2) is 79.0 Å². The molecule has 5 aromatic rings. The molecule has 0 saturated carbocycles. The van der Waals surface area contributed by atoms with Gasteiger partial charge < -0.3 is 29.2 Å². The van der Waals surface area contributed by atoms with Crippen LogP contribution in [0.5, 0.6) is 11.5 Å². The van der Waals surface area contributed by atoms with Crippen LogP contribution in [0, 0.1) is 0 Å². The summed E-state index contributed by atoms with van der Waals surface area (Å²) in [6.45, 7) is 0.885. The standard InChI is InChI=1S/C31H30N4O4/c1-38-24-7-5-6-20(12-24)17-35-23(13-22-16-32-28-9-4-3-8-26(22)28)18-34(19-30(35)36)31(37)29-15-21-14-25(39-2)10-11-27(21)33-29/h3-12,14-16,23,32-33H,13,17-19H2,1-2H3/t23-/m0/s1. The van der Waals surface area contributed by atoms with Crippen molar-refractivity contribution < 1.29 is 19.1 Å². The van der Waals surface area contributed by atoms with E-state index < -0.39 is 0 Å². The van der Waals surface area contributed by atoms with Crippen LogP contribution in [-0.2, 0) is 17.8 Å². The predicted octanol–water partition coefficient (Wildman–Crippen LogP) is 4.76. The normalized spacial score (nSPS) is 15.7. The summed E-state index contributed by atoms with van der Waals surface area (Å²) in [5.41, 5.74) is 4.45. The first-order valence-corrected chi connectivity index (χ1v) is 13.0. The lowest BCUT2D eigenvalue weighted by atomic mass is 10.00. The minimum atomic E-state index is -0.204. The highest BCUT2D eigenvalue weighted by molar-refractivity contribution is 6.00. The zero-order valence-corrected chi connectivity index (χ0v) is 21.9. The minimum absolute atomic E-state index is 0.0197. The van der Waals surface area contributed by atoms with Gasteiger partial charge in [0.25, 0.3) is 5.91 Å². The van der Waals surface area contributed by atoms with Crippen LogP contribution in [0.4, 0.5) is 0 Å². The second kappa shape index (κ2) is 10.2. The van der Waals surface area contributed by atoms with Crippen LogP contribution >= 0.6 is 0 Å². The van der Waals surface area contributed by atoms with Gasteiger partial charge in [0.05, 0.1) is 20.3 Å². The van der Waals surface area contributed by atoms with Gasteiger partial charge in [0.15, 0.2) is 0 Å². The SMILES string of the molecule is COc1cccc(CN2C(=O)CN(C(=O)c3cc4cc(OC)ccc4[nH]3)C[C@@H]2Cc2c[nH]c3ccccc23)c1. The second-order valence-electron chi connectivity index (χ2n) is 9.91. The number of fused-ring (bicyclic) bond motifs is 2. The van der Waals surface area contributed by atoms with Crippen molar-refractivity contribution in [1.29, 1.82) is 0 Å². The number of rotatable bonds is 7. The molecule has 1 aliphatic rings. The number of piperazine rings is 1. The number of hydrogen-bond donors (Lipinski definition) is 2. The number of benzene rings is 3. The number of ether oxygens (including phenoxy) is 2. The van der Waals surface area contributed by atoms with Gasteiger partial charge in [-0.25, -0.2) is 0 Å². The lowest BCUT2D eigenvalue weighted by molar-refractivity contribution is -0.139. The molecule has 8 nitrogen and oxygen atoms in total. The van der Waals surface area contributed by atoms with E-state index in [4.69, 9.17) is 9.47 Å².